The maximum absolute atomic E-state index is 13.4. The molecular weight excluding hydrogens is 305 g/mol. The molecule has 0 bridgehead atoms. The van der Waals surface area contributed by atoms with Crippen molar-refractivity contribution in [2.45, 2.75) is 33.5 Å². The van der Waals surface area contributed by atoms with Crippen LogP contribution < -0.4 is 10.6 Å². The first-order valence-corrected chi connectivity index (χ1v) is 8.08. The lowest BCUT2D eigenvalue weighted by molar-refractivity contribution is 0.275. The zero-order valence-corrected chi connectivity index (χ0v) is 14.1. The summed E-state index contributed by atoms with van der Waals surface area (Å²) in [4.78, 5) is 4.51. The van der Waals surface area contributed by atoms with Crippen molar-refractivity contribution in [3.8, 4) is 0 Å². The molecule has 3 N–H and O–H groups in total. The predicted octanol–water partition coefficient (Wildman–Crippen LogP) is 2.88. The van der Waals surface area contributed by atoms with Gasteiger partial charge in [-0.2, -0.15) is 0 Å². The molecule has 5 heteroatoms. The number of aliphatic hydroxyl groups excluding tert-OH is 1. The SMILES string of the molecule is CCNC(=NCc1ccc(F)c(CO)c1)NCc1ccc(C)cc1. The summed E-state index contributed by atoms with van der Waals surface area (Å²) in [5.41, 5.74) is 3.55. The van der Waals surface area contributed by atoms with Gasteiger partial charge in [-0.1, -0.05) is 35.9 Å². The number of hydrogen-bond donors (Lipinski definition) is 3. The van der Waals surface area contributed by atoms with Gasteiger partial charge in [0.1, 0.15) is 5.82 Å². The van der Waals surface area contributed by atoms with E-state index in [9.17, 15) is 4.39 Å². The Bertz CT molecular complexity index is 684. The average molecular weight is 329 g/mol. The Balaban J connectivity index is 2.00. The van der Waals surface area contributed by atoms with Gasteiger partial charge in [-0.3, -0.25) is 0 Å². The molecule has 0 aromatic heterocycles. The van der Waals surface area contributed by atoms with Gasteiger partial charge in [-0.25, -0.2) is 9.38 Å². The molecule has 0 saturated heterocycles. The van der Waals surface area contributed by atoms with Gasteiger partial charge in [0.2, 0.25) is 0 Å². The Hall–Kier alpha value is -2.40. The van der Waals surface area contributed by atoms with E-state index in [1.165, 1.54) is 17.2 Å². The summed E-state index contributed by atoms with van der Waals surface area (Å²) in [5, 5.41) is 15.6. The first-order valence-electron chi connectivity index (χ1n) is 8.08. The summed E-state index contributed by atoms with van der Waals surface area (Å²) in [6.45, 7) is 5.60. The van der Waals surface area contributed by atoms with Crippen LogP contribution in [0, 0.1) is 12.7 Å². The van der Waals surface area contributed by atoms with Crippen molar-refractivity contribution in [1.29, 1.82) is 0 Å². The number of halogens is 1. The van der Waals surface area contributed by atoms with Gasteiger partial charge >= 0.3 is 0 Å². The van der Waals surface area contributed by atoms with Crippen molar-refractivity contribution in [1.82, 2.24) is 10.6 Å². The Morgan fingerprint density at radius 2 is 1.79 bits per heavy atom. The van der Waals surface area contributed by atoms with E-state index in [-0.39, 0.29) is 6.61 Å². The molecule has 2 aromatic rings. The molecule has 0 aliphatic rings. The summed E-state index contributed by atoms with van der Waals surface area (Å²) < 4.78 is 13.4. The largest absolute Gasteiger partial charge is 0.392 e. The highest BCUT2D eigenvalue weighted by Crippen LogP contribution is 2.11. The van der Waals surface area contributed by atoms with Crippen molar-refractivity contribution in [3.63, 3.8) is 0 Å². The summed E-state index contributed by atoms with van der Waals surface area (Å²) in [6, 6.07) is 13.0. The van der Waals surface area contributed by atoms with Crippen LogP contribution >= 0.6 is 0 Å². The Morgan fingerprint density at radius 1 is 1.08 bits per heavy atom. The summed E-state index contributed by atoms with van der Waals surface area (Å²) in [7, 11) is 0. The third-order valence-electron chi connectivity index (χ3n) is 3.62. The van der Waals surface area contributed by atoms with Crippen LogP contribution in [0.3, 0.4) is 0 Å². The van der Waals surface area contributed by atoms with Crippen molar-refractivity contribution in [2.75, 3.05) is 6.54 Å². The monoisotopic (exact) mass is 329 g/mol. The van der Waals surface area contributed by atoms with Crippen LogP contribution in [-0.4, -0.2) is 17.6 Å². The third kappa shape index (κ3) is 5.35. The molecule has 0 unspecified atom stereocenters. The minimum atomic E-state index is -0.394. The van der Waals surface area contributed by atoms with Gasteiger partial charge in [0.05, 0.1) is 13.2 Å². The van der Waals surface area contributed by atoms with E-state index < -0.39 is 5.82 Å². The molecule has 128 valence electrons. The molecular formula is C19H24FN3O. The third-order valence-corrected chi connectivity index (χ3v) is 3.62. The van der Waals surface area contributed by atoms with E-state index in [0.717, 1.165) is 12.1 Å². The topological polar surface area (TPSA) is 56.7 Å². The number of guanidine groups is 1. The normalized spacial score (nSPS) is 11.4. The van der Waals surface area contributed by atoms with E-state index in [4.69, 9.17) is 5.11 Å². The van der Waals surface area contributed by atoms with Gasteiger partial charge in [0, 0.05) is 18.7 Å². The number of aryl methyl sites for hydroxylation is 1. The van der Waals surface area contributed by atoms with Crippen molar-refractivity contribution >= 4 is 5.96 Å². The summed E-state index contributed by atoms with van der Waals surface area (Å²) in [6.07, 6.45) is 0. The first kappa shape index (κ1) is 17.9. The number of aliphatic hydroxyl groups is 1. The molecule has 0 saturated carbocycles. The minimum Gasteiger partial charge on any atom is -0.392 e. The molecule has 4 nitrogen and oxygen atoms in total. The smallest absolute Gasteiger partial charge is 0.191 e. The van der Waals surface area contributed by atoms with Crippen LogP contribution in [0.15, 0.2) is 47.5 Å². The van der Waals surface area contributed by atoms with Crippen molar-refractivity contribution < 1.29 is 9.50 Å². The van der Waals surface area contributed by atoms with Crippen LogP contribution in [0.4, 0.5) is 4.39 Å². The van der Waals surface area contributed by atoms with Crippen molar-refractivity contribution in [3.05, 3.63) is 70.5 Å². The zero-order valence-electron chi connectivity index (χ0n) is 14.1. The van der Waals surface area contributed by atoms with E-state index >= 15 is 0 Å². The van der Waals surface area contributed by atoms with E-state index in [2.05, 4.69) is 46.8 Å². The van der Waals surface area contributed by atoms with E-state index in [1.54, 1.807) is 12.1 Å². The second kappa shape index (κ2) is 9.03. The highest BCUT2D eigenvalue weighted by atomic mass is 19.1. The maximum atomic E-state index is 13.4. The summed E-state index contributed by atoms with van der Waals surface area (Å²) >= 11 is 0. The molecule has 0 spiro atoms. The fraction of sp³-hybridized carbons (Fsp3) is 0.316. The molecule has 0 amide bonds. The van der Waals surface area contributed by atoms with Crippen LogP contribution in [0.2, 0.25) is 0 Å². The van der Waals surface area contributed by atoms with Crippen molar-refractivity contribution in [2.24, 2.45) is 4.99 Å². The Kier molecular flexibility index (Phi) is 6.75. The second-order valence-corrected chi connectivity index (χ2v) is 5.62. The Labute approximate surface area is 142 Å². The van der Waals surface area contributed by atoms with Gasteiger partial charge < -0.3 is 15.7 Å². The first-order chi connectivity index (χ1) is 11.6. The van der Waals surface area contributed by atoms with Crippen LogP contribution in [0.5, 0.6) is 0 Å². The van der Waals surface area contributed by atoms with Gasteiger partial charge in [0.25, 0.3) is 0 Å². The quantitative estimate of drug-likeness (QED) is 0.564. The lowest BCUT2D eigenvalue weighted by Crippen LogP contribution is -2.36. The highest BCUT2D eigenvalue weighted by Gasteiger charge is 2.03. The number of hydrogen-bond acceptors (Lipinski definition) is 2. The minimum absolute atomic E-state index is 0.292. The van der Waals surface area contributed by atoms with Crippen LogP contribution in [0.1, 0.15) is 29.2 Å². The van der Waals surface area contributed by atoms with Gasteiger partial charge in [-0.05, 0) is 37.1 Å². The Morgan fingerprint density at radius 3 is 2.46 bits per heavy atom. The number of nitrogens with zero attached hydrogens (tertiary/aromatic N) is 1. The zero-order chi connectivity index (χ0) is 17.4. The average Bonchev–Trinajstić information content (AvgIpc) is 2.60. The fourth-order valence-electron chi connectivity index (χ4n) is 2.25. The second-order valence-electron chi connectivity index (χ2n) is 5.62. The molecule has 2 rings (SSSR count). The molecule has 0 aliphatic heterocycles. The maximum Gasteiger partial charge on any atom is 0.191 e. The lowest BCUT2D eigenvalue weighted by atomic mass is 10.1. The summed E-state index contributed by atoms with van der Waals surface area (Å²) in [5.74, 6) is 0.308. The van der Waals surface area contributed by atoms with Gasteiger partial charge in [0.15, 0.2) is 5.96 Å². The molecule has 0 atom stereocenters. The molecule has 0 fully saturated rings. The van der Waals surface area contributed by atoms with Gasteiger partial charge in [-0.15, -0.1) is 0 Å². The molecule has 0 heterocycles. The molecule has 0 radical (unpaired) electrons. The van der Waals surface area contributed by atoms with E-state index in [1.807, 2.05) is 6.92 Å². The number of nitrogens with one attached hydrogen (secondary N) is 2. The lowest BCUT2D eigenvalue weighted by Gasteiger charge is -2.12. The fourth-order valence-corrected chi connectivity index (χ4v) is 2.25. The molecule has 0 aliphatic carbocycles. The number of rotatable bonds is 6. The highest BCUT2D eigenvalue weighted by molar-refractivity contribution is 5.79. The predicted molar refractivity (Wildman–Crippen MR) is 95.2 cm³/mol. The molecule has 2 aromatic carbocycles. The number of benzene rings is 2. The molecule has 24 heavy (non-hydrogen) atoms. The standard InChI is InChI=1S/C19H24FN3O/c1-3-21-19(22-11-15-6-4-14(2)5-7-15)23-12-16-8-9-18(20)17(10-16)13-24/h4-10,24H,3,11-13H2,1-2H3,(H2,21,22,23). The van der Waals surface area contributed by atoms with Crippen LogP contribution in [-0.2, 0) is 19.7 Å². The van der Waals surface area contributed by atoms with Crippen LogP contribution in [0.25, 0.3) is 0 Å². The van der Waals surface area contributed by atoms with E-state index in [0.29, 0.717) is 24.6 Å². The number of aliphatic imine (C=N–C) groups is 1.